The molecule has 0 spiro atoms. The van der Waals surface area contributed by atoms with Gasteiger partial charge in [0, 0.05) is 26.7 Å². The Morgan fingerprint density at radius 3 is 2.44 bits per heavy atom. The van der Waals surface area contributed by atoms with Crippen LogP contribution in [0, 0.1) is 11.8 Å². The zero-order valence-corrected chi connectivity index (χ0v) is 12.3. The largest absolute Gasteiger partial charge is 0.379 e. The topological polar surface area (TPSA) is 38.5 Å². The monoisotopic (exact) mass is 254 g/mol. The lowest BCUT2D eigenvalue weighted by Gasteiger charge is -2.53. The third kappa shape index (κ3) is 2.59. The first-order valence-electron chi connectivity index (χ1n) is 7.60. The number of methoxy groups -OCH3 is 1. The van der Waals surface area contributed by atoms with Crippen molar-refractivity contribution in [1.82, 2.24) is 4.90 Å². The summed E-state index contributed by atoms with van der Waals surface area (Å²) in [6, 6.07) is 0. The average molecular weight is 254 g/mol. The van der Waals surface area contributed by atoms with Crippen molar-refractivity contribution < 1.29 is 4.74 Å². The Balaban J connectivity index is 2.18. The van der Waals surface area contributed by atoms with Gasteiger partial charge < -0.3 is 10.5 Å². The molecular formula is C15H30N2O. The van der Waals surface area contributed by atoms with Gasteiger partial charge in [-0.2, -0.15) is 0 Å². The summed E-state index contributed by atoms with van der Waals surface area (Å²) >= 11 is 0. The molecule has 2 fully saturated rings. The molecule has 0 radical (unpaired) electrons. The van der Waals surface area contributed by atoms with E-state index in [4.69, 9.17) is 10.5 Å². The van der Waals surface area contributed by atoms with Crippen LogP contribution in [0.3, 0.4) is 0 Å². The van der Waals surface area contributed by atoms with E-state index >= 15 is 0 Å². The van der Waals surface area contributed by atoms with Crippen LogP contribution in [0.1, 0.15) is 46.0 Å². The highest BCUT2D eigenvalue weighted by Crippen LogP contribution is 2.38. The first kappa shape index (κ1) is 14.3. The van der Waals surface area contributed by atoms with Gasteiger partial charge in [-0.1, -0.05) is 26.7 Å². The normalized spacial score (nSPS) is 43.0. The van der Waals surface area contributed by atoms with E-state index in [9.17, 15) is 0 Å². The maximum absolute atomic E-state index is 6.20. The van der Waals surface area contributed by atoms with Gasteiger partial charge in [-0.05, 0) is 31.1 Å². The molecule has 0 aromatic rings. The molecule has 18 heavy (non-hydrogen) atoms. The standard InChI is InChI=1S/C15H30N2O/c1-12-8-13(2)10-17(9-12)15(11-16)7-5-4-6-14(15)18-3/h12-14H,4-11,16H2,1-3H3. The van der Waals surface area contributed by atoms with E-state index in [-0.39, 0.29) is 5.54 Å². The van der Waals surface area contributed by atoms with Crippen molar-refractivity contribution in [2.24, 2.45) is 17.6 Å². The van der Waals surface area contributed by atoms with Crippen LogP contribution >= 0.6 is 0 Å². The van der Waals surface area contributed by atoms with Crippen molar-refractivity contribution in [3.05, 3.63) is 0 Å². The van der Waals surface area contributed by atoms with E-state index < -0.39 is 0 Å². The van der Waals surface area contributed by atoms with Crippen LogP contribution in [0.4, 0.5) is 0 Å². The van der Waals surface area contributed by atoms with Crippen LogP contribution in [0.25, 0.3) is 0 Å². The van der Waals surface area contributed by atoms with Gasteiger partial charge in [0.2, 0.25) is 0 Å². The number of ether oxygens (including phenoxy) is 1. The maximum Gasteiger partial charge on any atom is 0.0767 e. The highest BCUT2D eigenvalue weighted by molar-refractivity contribution is 5.02. The van der Waals surface area contributed by atoms with Gasteiger partial charge in [-0.25, -0.2) is 0 Å². The minimum atomic E-state index is 0.107. The van der Waals surface area contributed by atoms with Gasteiger partial charge >= 0.3 is 0 Å². The fourth-order valence-electron chi connectivity index (χ4n) is 4.28. The lowest BCUT2D eigenvalue weighted by Crippen LogP contribution is -2.65. The van der Waals surface area contributed by atoms with Crippen LogP contribution in [0.5, 0.6) is 0 Å². The number of nitrogens with zero attached hydrogens (tertiary/aromatic N) is 1. The van der Waals surface area contributed by atoms with E-state index in [0.29, 0.717) is 6.10 Å². The summed E-state index contributed by atoms with van der Waals surface area (Å²) < 4.78 is 5.80. The number of rotatable bonds is 3. The highest BCUT2D eigenvalue weighted by atomic mass is 16.5. The molecule has 3 heteroatoms. The Labute approximate surface area is 112 Å². The molecule has 4 atom stereocenters. The zero-order valence-electron chi connectivity index (χ0n) is 12.3. The van der Waals surface area contributed by atoms with Gasteiger partial charge in [0.15, 0.2) is 0 Å². The van der Waals surface area contributed by atoms with Gasteiger partial charge in [0.05, 0.1) is 11.6 Å². The van der Waals surface area contributed by atoms with E-state index in [1.165, 1.54) is 45.2 Å². The number of nitrogens with two attached hydrogens (primary N) is 1. The minimum Gasteiger partial charge on any atom is -0.379 e. The van der Waals surface area contributed by atoms with Crippen molar-refractivity contribution in [2.45, 2.75) is 57.6 Å². The molecule has 2 N–H and O–H groups in total. The number of hydrogen-bond donors (Lipinski definition) is 1. The zero-order chi connectivity index (χ0) is 13.2. The van der Waals surface area contributed by atoms with Crippen molar-refractivity contribution in [2.75, 3.05) is 26.7 Å². The molecule has 0 amide bonds. The molecule has 1 heterocycles. The number of hydrogen-bond acceptors (Lipinski definition) is 3. The predicted molar refractivity (Wildman–Crippen MR) is 75.6 cm³/mol. The van der Waals surface area contributed by atoms with Gasteiger partial charge in [-0.15, -0.1) is 0 Å². The van der Waals surface area contributed by atoms with Crippen LogP contribution in [-0.2, 0) is 4.74 Å². The molecule has 1 aliphatic heterocycles. The van der Waals surface area contributed by atoms with Crippen LogP contribution in [-0.4, -0.2) is 43.3 Å². The van der Waals surface area contributed by atoms with E-state index in [1.54, 1.807) is 0 Å². The number of piperidine rings is 1. The summed E-state index contributed by atoms with van der Waals surface area (Å²) in [5.74, 6) is 1.58. The molecule has 106 valence electrons. The summed E-state index contributed by atoms with van der Waals surface area (Å²) in [4.78, 5) is 2.67. The predicted octanol–water partition coefficient (Wildman–Crippen LogP) is 2.25. The van der Waals surface area contributed by atoms with Crippen molar-refractivity contribution in [3.63, 3.8) is 0 Å². The van der Waals surface area contributed by atoms with Crippen molar-refractivity contribution in [3.8, 4) is 0 Å². The quantitative estimate of drug-likeness (QED) is 0.839. The van der Waals surface area contributed by atoms with Crippen LogP contribution < -0.4 is 5.73 Å². The molecule has 2 rings (SSSR count). The van der Waals surface area contributed by atoms with E-state index in [2.05, 4.69) is 18.7 Å². The average Bonchev–Trinajstić information content (AvgIpc) is 2.37. The highest BCUT2D eigenvalue weighted by Gasteiger charge is 2.46. The van der Waals surface area contributed by atoms with Crippen molar-refractivity contribution >= 4 is 0 Å². The van der Waals surface area contributed by atoms with Crippen LogP contribution in [0.15, 0.2) is 0 Å². The smallest absolute Gasteiger partial charge is 0.0767 e. The fourth-order valence-corrected chi connectivity index (χ4v) is 4.28. The summed E-state index contributed by atoms with van der Waals surface area (Å²) in [6.45, 7) is 7.88. The summed E-state index contributed by atoms with van der Waals surface area (Å²) in [5, 5.41) is 0. The second-order valence-corrected chi connectivity index (χ2v) is 6.63. The Hall–Kier alpha value is -0.120. The lowest BCUT2D eigenvalue weighted by atomic mass is 9.75. The molecule has 0 aromatic carbocycles. The maximum atomic E-state index is 6.20. The molecule has 4 unspecified atom stereocenters. The first-order chi connectivity index (χ1) is 8.62. The molecule has 2 aliphatic rings. The summed E-state index contributed by atoms with van der Waals surface area (Å²) in [6.07, 6.45) is 6.66. The Morgan fingerprint density at radius 2 is 1.89 bits per heavy atom. The lowest BCUT2D eigenvalue weighted by molar-refractivity contribution is -0.0940. The molecule has 1 saturated carbocycles. The fraction of sp³-hybridized carbons (Fsp3) is 1.00. The first-order valence-corrected chi connectivity index (χ1v) is 7.60. The second kappa shape index (κ2) is 5.89. The minimum absolute atomic E-state index is 0.107. The van der Waals surface area contributed by atoms with Crippen LogP contribution in [0.2, 0.25) is 0 Å². The van der Waals surface area contributed by atoms with Gasteiger partial charge in [-0.3, -0.25) is 4.90 Å². The molecule has 1 aliphatic carbocycles. The third-order valence-corrected chi connectivity index (χ3v) is 5.06. The second-order valence-electron chi connectivity index (χ2n) is 6.63. The molecular weight excluding hydrogens is 224 g/mol. The summed E-state index contributed by atoms with van der Waals surface area (Å²) in [5.41, 5.74) is 6.31. The Morgan fingerprint density at radius 1 is 1.22 bits per heavy atom. The van der Waals surface area contributed by atoms with Gasteiger partial charge in [0.25, 0.3) is 0 Å². The number of likely N-dealkylation sites (tertiary alicyclic amines) is 1. The summed E-state index contributed by atoms with van der Waals surface area (Å²) in [7, 11) is 1.86. The molecule has 0 aromatic heterocycles. The van der Waals surface area contributed by atoms with Crippen molar-refractivity contribution in [1.29, 1.82) is 0 Å². The molecule has 3 nitrogen and oxygen atoms in total. The third-order valence-electron chi connectivity index (χ3n) is 5.06. The SMILES string of the molecule is COC1CCCCC1(CN)N1CC(C)CC(C)C1. The molecule has 1 saturated heterocycles. The molecule has 0 bridgehead atoms. The Bertz CT molecular complexity index is 261. The van der Waals surface area contributed by atoms with Gasteiger partial charge in [0.1, 0.15) is 0 Å². The Kier molecular flexibility index (Phi) is 4.68. The van der Waals surface area contributed by atoms with E-state index in [0.717, 1.165) is 18.4 Å². The van der Waals surface area contributed by atoms with E-state index in [1.807, 2.05) is 7.11 Å².